The number of likely N-dealkylation sites (N-methyl/N-ethyl adjacent to an activating group) is 1. The average Bonchev–Trinajstić information content (AvgIpc) is 2.24. The molecule has 0 fully saturated rings. The van der Waals surface area contributed by atoms with Gasteiger partial charge >= 0.3 is 0 Å². The van der Waals surface area contributed by atoms with E-state index < -0.39 is 0 Å². The number of amides is 1. The van der Waals surface area contributed by atoms with Gasteiger partial charge in [0.2, 0.25) is 5.91 Å². The Morgan fingerprint density at radius 1 is 1.44 bits per heavy atom. The topological polar surface area (TPSA) is 33.2 Å². The summed E-state index contributed by atoms with van der Waals surface area (Å²) >= 11 is 0. The van der Waals surface area contributed by atoms with E-state index in [0.717, 1.165) is 11.3 Å². The van der Waals surface area contributed by atoms with Crippen LogP contribution < -0.4 is 0 Å². The van der Waals surface area contributed by atoms with Crippen molar-refractivity contribution in [2.75, 3.05) is 14.1 Å². The van der Waals surface area contributed by atoms with Crippen LogP contribution in [0.1, 0.15) is 25.1 Å². The minimum Gasteiger partial charge on any atom is -0.387 e. The largest absolute Gasteiger partial charge is 0.387 e. The fourth-order valence-electron chi connectivity index (χ4n) is 0.861. The molecule has 4 heteroatoms. The second-order valence-corrected chi connectivity index (χ2v) is 3.19. The van der Waals surface area contributed by atoms with Gasteiger partial charge in [-0.05, 0) is 0 Å². The summed E-state index contributed by atoms with van der Waals surface area (Å²) in [6, 6.07) is 4.77. The van der Waals surface area contributed by atoms with Crippen LogP contribution in [0.25, 0.3) is 0 Å². The molecule has 0 bridgehead atoms. The van der Waals surface area contributed by atoms with Crippen LogP contribution in [0.4, 0.5) is 0 Å². The third-order valence-corrected chi connectivity index (χ3v) is 1.72. The van der Waals surface area contributed by atoms with Gasteiger partial charge in [0.1, 0.15) is 0 Å². The SMILES string of the molecule is CC.Cc1[c-]cc(CC(=O)N(C)C)nc1.[Y]. The number of nitrogens with zero attached hydrogens (tertiary/aromatic N) is 2. The molecule has 1 aromatic rings. The maximum atomic E-state index is 11.3. The summed E-state index contributed by atoms with van der Waals surface area (Å²) in [4.78, 5) is 16.9. The first-order chi connectivity index (χ1) is 7.09. The van der Waals surface area contributed by atoms with Crippen LogP contribution in [0.3, 0.4) is 0 Å². The zero-order valence-corrected chi connectivity index (χ0v) is 13.6. The average molecular weight is 296 g/mol. The predicted molar refractivity (Wildman–Crippen MR) is 61.6 cm³/mol. The van der Waals surface area contributed by atoms with Crippen molar-refractivity contribution in [3.63, 3.8) is 0 Å². The first kappa shape index (κ1) is 18.1. The zero-order valence-electron chi connectivity index (χ0n) is 10.7. The molecule has 0 N–H and O–H groups in total. The molecular formula is C12H19N2OY-. The quantitative estimate of drug-likeness (QED) is 0.780. The summed E-state index contributed by atoms with van der Waals surface area (Å²) in [6.07, 6.45) is 2.07. The van der Waals surface area contributed by atoms with Crippen molar-refractivity contribution in [2.24, 2.45) is 0 Å². The van der Waals surface area contributed by atoms with Crippen LogP contribution in [0, 0.1) is 13.0 Å². The van der Waals surface area contributed by atoms with Crippen molar-refractivity contribution in [3.8, 4) is 0 Å². The number of pyridine rings is 1. The van der Waals surface area contributed by atoms with Crippen LogP contribution in [0.15, 0.2) is 12.3 Å². The number of hydrogen-bond donors (Lipinski definition) is 0. The second kappa shape index (κ2) is 9.92. The third kappa shape index (κ3) is 7.07. The minimum absolute atomic E-state index is 0. The molecule has 1 amide bonds. The van der Waals surface area contributed by atoms with Crippen molar-refractivity contribution in [1.29, 1.82) is 0 Å². The summed E-state index contributed by atoms with van der Waals surface area (Å²) in [6.45, 7) is 5.92. The smallest absolute Gasteiger partial charge is 0.216 e. The van der Waals surface area contributed by atoms with E-state index in [1.54, 1.807) is 31.3 Å². The molecule has 1 rings (SSSR count). The van der Waals surface area contributed by atoms with Gasteiger partial charge in [-0.15, -0.1) is 5.56 Å². The van der Waals surface area contributed by atoms with E-state index in [1.165, 1.54) is 0 Å². The molecule has 0 aromatic carbocycles. The Morgan fingerprint density at radius 2 is 2.00 bits per heavy atom. The Bertz CT molecular complexity index is 296. The first-order valence-corrected chi connectivity index (χ1v) is 5.13. The molecule has 0 unspecified atom stereocenters. The summed E-state index contributed by atoms with van der Waals surface area (Å²) in [7, 11) is 3.47. The van der Waals surface area contributed by atoms with Gasteiger partial charge in [0.05, 0.1) is 0 Å². The van der Waals surface area contributed by atoms with Crippen molar-refractivity contribution >= 4 is 5.91 Å². The van der Waals surface area contributed by atoms with Crippen LogP contribution in [-0.4, -0.2) is 29.9 Å². The Hall–Kier alpha value is -0.276. The maximum absolute atomic E-state index is 11.3. The van der Waals surface area contributed by atoms with Crippen LogP contribution in [-0.2, 0) is 43.9 Å². The molecule has 1 aromatic heterocycles. The Morgan fingerprint density at radius 3 is 2.38 bits per heavy atom. The number of rotatable bonds is 2. The van der Waals surface area contributed by atoms with Gasteiger partial charge in [0.25, 0.3) is 0 Å². The number of aryl methyl sites for hydroxylation is 1. The molecular weight excluding hydrogens is 277 g/mol. The number of aromatic nitrogens is 1. The predicted octanol–water partition coefficient (Wildman–Crippen LogP) is 1.84. The van der Waals surface area contributed by atoms with E-state index in [0.29, 0.717) is 6.42 Å². The van der Waals surface area contributed by atoms with Gasteiger partial charge in [-0.2, -0.15) is 12.1 Å². The zero-order chi connectivity index (χ0) is 11.8. The van der Waals surface area contributed by atoms with Crippen LogP contribution in [0.2, 0.25) is 0 Å². The van der Waals surface area contributed by atoms with Gasteiger partial charge in [-0.25, -0.2) is 0 Å². The molecule has 1 radical (unpaired) electrons. The van der Waals surface area contributed by atoms with Gasteiger partial charge in [0.15, 0.2) is 0 Å². The minimum atomic E-state index is 0. The second-order valence-electron chi connectivity index (χ2n) is 3.19. The maximum Gasteiger partial charge on any atom is 0.216 e. The van der Waals surface area contributed by atoms with Crippen LogP contribution in [0.5, 0.6) is 0 Å². The molecule has 0 spiro atoms. The van der Waals surface area contributed by atoms with Gasteiger partial charge < -0.3 is 9.88 Å². The van der Waals surface area contributed by atoms with E-state index in [4.69, 9.17) is 0 Å². The monoisotopic (exact) mass is 296 g/mol. The van der Waals surface area contributed by atoms with E-state index >= 15 is 0 Å². The van der Waals surface area contributed by atoms with Gasteiger partial charge in [-0.3, -0.25) is 4.79 Å². The molecule has 0 aliphatic heterocycles. The standard InChI is InChI=1S/C10H13N2O.C2H6.Y/c1-8-4-5-9(11-7-8)6-10(13)12(2)3;1-2;/h5,7H,6H2,1-3H3;1-2H3;/q-1;;. The van der Waals surface area contributed by atoms with E-state index in [2.05, 4.69) is 11.1 Å². The Labute approximate surface area is 124 Å². The fraction of sp³-hybridized carbons (Fsp3) is 0.500. The molecule has 0 saturated heterocycles. The van der Waals surface area contributed by atoms with Crippen molar-refractivity contribution in [1.82, 2.24) is 9.88 Å². The summed E-state index contributed by atoms with van der Waals surface area (Å²) < 4.78 is 0. The van der Waals surface area contributed by atoms with Gasteiger partial charge in [-0.1, -0.05) is 32.7 Å². The molecule has 0 atom stereocenters. The number of hydrogen-bond acceptors (Lipinski definition) is 2. The van der Waals surface area contributed by atoms with Gasteiger partial charge in [0, 0.05) is 53.2 Å². The Kier molecular flexibility index (Phi) is 11.2. The molecule has 87 valence electrons. The van der Waals surface area contributed by atoms with Crippen molar-refractivity contribution in [3.05, 3.63) is 29.6 Å². The molecule has 0 aliphatic rings. The first-order valence-electron chi connectivity index (χ1n) is 5.13. The van der Waals surface area contributed by atoms with E-state index in [-0.39, 0.29) is 38.6 Å². The van der Waals surface area contributed by atoms with Crippen molar-refractivity contribution in [2.45, 2.75) is 27.2 Å². The Balaban J connectivity index is 0. The number of carbonyl (C=O) groups excluding carboxylic acids is 1. The number of carbonyl (C=O) groups is 1. The summed E-state index contributed by atoms with van der Waals surface area (Å²) in [5.74, 6) is 0.0600. The molecule has 3 nitrogen and oxygen atoms in total. The molecule has 0 saturated carbocycles. The molecule has 0 aliphatic carbocycles. The van der Waals surface area contributed by atoms with Crippen molar-refractivity contribution < 1.29 is 37.5 Å². The van der Waals surface area contributed by atoms with E-state index in [1.807, 2.05) is 20.8 Å². The van der Waals surface area contributed by atoms with E-state index in [9.17, 15) is 4.79 Å². The molecule has 1 heterocycles. The molecule has 16 heavy (non-hydrogen) atoms. The summed E-state index contributed by atoms with van der Waals surface area (Å²) in [5.41, 5.74) is 1.75. The summed E-state index contributed by atoms with van der Waals surface area (Å²) in [5, 5.41) is 0. The van der Waals surface area contributed by atoms with Crippen LogP contribution >= 0.6 is 0 Å². The normalized spacial score (nSPS) is 8.31. The third-order valence-electron chi connectivity index (χ3n) is 1.72. The fourth-order valence-corrected chi connectivity index (χ4v) is 0.861.